The second-order valence-corrected chi connectivity index (χ2v) is 5.61. The van der Waals surface area contributed by atoms with Crippen LogP contribution in [0.25, 0.3) is 0 Å². The smallest absolute Gasteiger partial charge is 0.247 e. The van der Waals surface area contributed by atoms with E-state index in [1.807, 2.05) is 6.92 Å². The van der Waals surface area contributed by atoms with Gasteiger partial charge in [0.1, 0.15) is 0 Å². The molecule has 4 heteroatoms. The number of aliphatic hydroxyl groups is 1. The molecule has 17 heavy (non-hydrogen) atoms. The Morgan fingerprint density at radius 3 is 2.53 bits per heavy atom. The molecular formula is C13H24N2O2. The molecule has 0 radical (unpaired) electrons. The van der Waals surface area contributed by atoms with E-state index in [0.717, 1.165) is 24.2 Å². The molecule has 1 saturated heterocycles. The van der Waals surface area contributed by atoms with Gasteiger partial charge in [0.25, 0.3) is 0 Å². The average molecular weight is 240 g/mol. The van der Waals surface area contributed by atoms with E-state index in [1.165, 1.54) is 0 Å². The second-order valence-electron chi connectivity index (χ2n) is 5.61. The number of hydrogen-bond acceptors (Lipinski definition) is 3. The van der Waals surface area contributed by atoms with Gasteiger partial charge in [-0.2, -0.15) is 0 Å². The third-order valence-corrected chi connectivity index (χ3v) is 3.03. The first-order chi connectivity index (χ1) is 7.82. The van der Waals surface area contributed by atoms with Crippen LogP contribution in [0.5, 0.6) is 0 Å². The Labute approximate surface area is 103 Å². The molecule has 98 valence electrons. The first-order valence-electron chi connectivity index (χ1n) is 6.22. The summed E-state index contributed by atoms with van der Waals surface area (Å²) in [5.41, 5.74) is 1.11. The van der Waals surface area contributed by atoms with Gasteiger partial charge in [0.15, 0.2) is 0 Å². The Balaban J connectivity index is 2.42. The molecule has 1 rings (SSSR count). The van der Waals surface area contributed by atoms with E-state index < -0.39 is 5.60 Å². The molecule has 0 saturated carbocycles. The van der Waals surface area contributed by atoms with E-state index in [2.05, 4.69) is 24.5 Å². The second kappa shape index (κ2) is 5.65. The topological polar surface area (TPSA) is 61.4 Å². The van der Waals surface area contributed by atoms with Gasteiger partial charge < -0.3 is 15.7 Å². The number of amides is 1. The molecule has 1 aliphatic heterocycles. The predicted octanol–water partition coefficient (Wildman–Crippen LogP) is 0.819. The fourth-order valence-electron chi connectivity index (χ4n) is 2.03. The SMILES string of the molecule is CC(C(=O)NCC(C)(O)CC(C)C)=C1CNC1. The van der Waals surface area contributed by atoms with E-state index >= 15 is 0 Å². The molecule has 1 unspecified atom stereocenters. The summed E-state index contributed by atoms with van der Waals surface area (Å²) in [4.78, 5) is 11.8. The van der Waals surface area contributed by atoms with E-state index in [9.17, 15) is 9.90 Å². The number of carbonyl (C=O) groups excluding carboxylic acids is 1. The Morgan fingerprint density at radius 1 is 1.53 bits per heavy atom. The van der Waals surface area contributed by atoms with Crippen LogP contribution in [0.1, 0.15) is 34.1 Å². The maximum Gasteiger partial charge on any atom is 0.247 e. The molecule has 0 aliphatic carbocycles. The monoisotopic (exact) mass is 240 g/mol. The van der Waals surface area contributed by atoms with Gasteiger partial charge in [-0.3, -0.25) is 4.79 Å². The van der Waals surface area contributed by atoms with Crippen LogP contribution in [0.15, 0.2) is 11.1 Å². The van der Waals surface area contributed by atoms with E-state index in [-0.39, 0.29) is 5.91 Å². The molecule has 0 aromatic rings. The highest BCUT2D eigenvalue weighted by molar-refractivity contribution is 5.94. The molecule has 0 bridgehead atoms. The number of carbonyl (C=O) groups is 1. The summed E-state index contributed by atoms with van der Waals surface area (Å²) in [5.74, 6) is 0.350. The highest BCUT2D eigenvalue weighted by atomic mass is 16.3. The first kappa shape index (κ1) is 14.2. The Bertz CT molecular complexity index is 313. The van der Waals surface area contributed by atoms with Gasteiger partial charge in [0, 0.05) is 25.2 Å². The lowest BCUT2D eigenvalue weighted by Crippen LogP contribution is -2.43. The lowest BCUT2D eigenvalue weighted by atomic mass is 9.94. The molecule has 1 heterocycles. The quantitative estimate of drug-likeness (QED) is 0.624. The summed E-state index contributed by atoms with van der Waals surface area (Å²) < 4.78 is 0. The van der Waals surface area contributed by atoms with Crippen molar-refractivity contribution in [2.24, 2.45) is 5.92 Å². The minimum Gasteiger partial charge on any atom is -0.388 e. The predicted molar refractivity (Wildman–Crippen MR) is 68.7 cm³/mol. The Hall–Kier alpha value is -0.870. The van der Waals surface area contributed by atoms with Crippen molar-refractivity contribution in [1.82, 2.24) is 10.6 Å². The van der Waals surface area contributed by atoms with E-state index in [1.54, 1.807) is 6.92 Å². The minimum absolute atomic E-state index is 0.0643. The van der Waals surface area contributed by atoms with Gasteiger partial charge in [-0.15, -0.1) is 0 Å². The largest absolute Gasteiger partial charge is 0.388 e. The zero-order valence-electron chi connectivity index (χ0n) is 11.3. The van der Waals surface area contributed by atoms with Crippen LogP contribution in [0.2, 0.25) is 0 Å². The van der Waals surface area contributed by atoms with Gasteiger partial charge in [0.05, 0.1) is 5.60 Å². The molecule has 4 nitrogen and oxygen atoms in total. The third kappa shape index (κ3) is 4.48. The minimum atomic E-state index is -0.827. The average Bonchev–Trinajstić information content (AvgIpc) is 2.09. The van der Waals surface area contributed by atoms with E-state index in [0.29, 0.717) is 18.9 Å². The molecule has 0 spiro atoms. The molecule has 1 amide bonds. The van der Waals surface area contributed by atoms with Crippen LogP contribution in [0.4, 0.5) is 0 Å². The summed E-state index contributed by atoms with van der Waals surface area (Å²) in [7, 11) is 0. The first-order valence-corrected chi connectivity index (χ1v) is 6.22. The van der Waals surface area contributed by atoms with Crippen molar-refractivity contribution in [2.45, 2.75) is 39.7 Å². The van der Waals surface area contributed by atoms with Crippen molar-refractivity contribution in [3.8, 4) is 0 Å². The summed E-state index contributed by atoms with van der Waals surface area (Å²) in [6.45, 7) is 9.64. The van der Waals surface area contributed by atoms with Crippen molar-refractivity contribution < 1.29 is 9.90 Å². The van der Waals surface area contributed by atoms with Gasteiger partial charge in [-0.05, 0) is 31.8 Å². The molecule has 0 aromatic heterocycles. The van der Waals surface area contributed by atoms with Gasteiger partial charge in [-0.1, -0.05) is 13.8 Å². The number of rotatable bonds is 5. The summed E-state index contributed by atoms with van der Waals surface area (Å²) in [5, 5.41) is 16.0. The van der Waals surface area contributed by atoms with Gasteiger partial charge >= 0.3 is 0 Å². The van der Waals surface area contributed by atoms with Crippen molar-refractivity contribution in [2.75, 3.05) is 19.6 Å². The van der Waals surface area contributed by atoms with Crippen LogP contribution in [0.3, 0.4) is 0 Å². The lowest BCUT2D eigenvalue weighted by Gasteiger charge is -2.26. The van der Waals surface area contributed by atoms with Gasteiger partial charge in [0.2, 0.25) is 5.91 Å². The van der Waals surface area contributed by atoms with Crippen molar-refractivity contribution in [1.29, 1.82) is 0 Å². The number of nitrogens with one attached hydrogen (secondary N) is 2. The van der Waals surface area contributed by atoms with Crippen molar-refractivity contribution in [3.63, 3.8) is 0 Å². The molecular weight excluding hydrogens is 216 g/mol. The Morgan fingerprint density at radius 2 is 2.12 bits per heavy atom. The van der Waals surface area contributed by atoms with Crippen molar-refractivity contribution in [3.05, 3.63) is 11.1 Å². The normalized spacial score (nSPS) is 18.6. The van der Waals surface area contributed by atoms with Crippen LogP contribution in [-0.4, -0.2) is 36.2 Å². The van der Waals surface area contributed by atoms with Crippen LogP contribution in [-0.2, 0) is 4.79 Å². The lowest BCUT2D eigenvalue weighted by molar-refractivity contribution is -0.118. The van der Waals surface area contributed by atoms with Crippen LogP contribution < -0.4 is 10.6 Å². The maximum atomic E-state index is 11.8. The highest BCUT2D eigenvalue weighted by Crippen LogP contribution is 2.15. The molecule has 0 aromatic carbocycles. The van der Waals surface area contributed by atoms with Gasteiger partial charge in [-0.25, -0.2) is 0 Å². The Kier molecular flexibility index (Phi) is 4.71. The highest BCUT2D eigenvalue weighted by Gasteiger charge is 2.23. The van der Waals surface area contributed by atoms with Crippen LogP contribution in [0, 0.1) is 5.92 Å². The van der Waals surface area contributed by atoms with Crippen molar-refractivity contribution >= 4 is 5.91 Å². The standard InChI is InChI=1S/C13H24N2O2/c1-9(2)5-13(4,17)8-15-12(16)10(3)11-6-14-7-11/h9,14,17H,5-8H2,1-4H3,(H,15,16). The molecule has 1 atom stereocenters. The molecule has 1 aliphatic rings. The fourth-order valence-corrected chi connectivity index (χ4v) is 2.03. The number of hydrogen-bond donors (Lipinski definition) is 3. The zero-order chi connectivity index (χ0) is 13.1. The zero-order valence-corrected chi connectivity index (χ0v) is 11.3. The third-order valence-electron chi connectivity index (χ3n) is 3.03. The summed E-state index contributed by atoms with van der Waals surface area (Å²) in [6.07, 6.45) is 0.685. The maximum absolute atomic E-state index is 11.8. The summed E-state index contributed by atoms with van der Waals surface area (Å²) in [6, 6.07) is 0. The molecule has 3 N–H and O–H groups in total. The summed E-state index contributed by atoms with van der Waals surface area (Å²) >= 11 is 0. The fraction of sp³-hybridized carbons (Fsp3) is 0.769. The molecule has 1 fully saturated rings. The van der Waals surface area contributed by atoms with E-state index in [4.69, 9.17) is 0 Å². The van der Waals surface area contributed by atoms with Crippen LogP contribution >= 0.6 is 0 Å².